The van der Waals surface area contributed by atoms with Crippen LogP contribution in [0.2, 0.25) is 5.02 Å². The number of anilines is 1. The number of halogens is 1. The maximum Gasteiger partial charge on any atom is 0.294 e. The molecule has 0 fully saturated rings. The standard InChI is InChI=1S/C20H14ClN3O4S/c21-14-6-9-16(17(12-14)24(26)27)22-20(29)23-19(25)11-8-15-7-10-18(28-15)13-4-2-1-3-5-13/h1-12H,(H2,22,23,25,29)/b11-8+. The van der Waals surface area contributed by atoms with Gasteiger partial charge in [-0.15, -0.1) is 0 Å². The van der Waals surface area contributed by atoms with Crippen LogP contribution in [0.25, 0.3) is 17.4 Å². The first-order valence-corrected chi connectivity index (χ1v) is 9.10. The van der Waals surface area contributed by atoms with Crippen molar-refractivity contribution in [2.45, 2.75) is 0 Å². The first kappa shape index (κ1) is 20.2. The molecule has 2 aromatic carbocycles. The molecule has 0 aliphatic heterocycles. The van der Waals surface area contributed by atoms with E-state index in [2.05, 4.69) is 10.6 Å². The first-order chi connectivity index (χ1) is 13.9. The van der Waals surface area contributed by atoms with E-state index in [1.165, 1.54) is 30.4 Å². The van der Waals surface area contributed by atoms with Gasteiger partial charge in [-0.05, 0) is 42.6 Å². The van der Waals surface area contributed by atoms with E-state index in [0.29, 0.717) is 11.5 Å². The number of nitro benzene ring substituents is 1. The van der Waals surface area contributed by atoms with Gasteiger partial charge in [-0.3, -0.25) is 20.2 Å². The van der Waals surface area contributed by atoms with Crippen LogP contribution in [0.1, 0.15) is 5.76 Å². The van der Waals surface area contributed by atoms with Crippen LogP contribution in [0.4, 0.5) is 11.4 Å². The molecule has 0 atom stereocenters. The molecule has 0 bridgehead atoms. The number of hydrogen-bond donors (Lipinski definition) is 2. The lowest BCUT2D eigenvalue weighted by molar-refractivity contribution is -0.383. The summed E-state index contributed by atoms with van der Waals surface area (Å²) in [5.41, 5.74) is 0.785. The molecule has 9 heteroatoms. The highest BCUT2D eigenvalue weighted by atomic mass is 35.5. The van der Waals surface area contributed by atoms with E-state index in [0.717, 1.165) is 5.56 Å². The van der Waals surface area contributed by atoms with Gasteiger partial charge in [-0.2, -0.15) is 0 Å². The summed E-state index contributed by atoms with van der Waals surface area (Å²) in [6.07, 6.45) is 2.74. The molecule has 0 saturated carbocycles. The Labute approximate surface area is 176 Å². The van der Waals surface area contributed by atoms with Crippen molar-refractivity contribution in [3.05, 3.63) is 87.6 Å². The van der Waals surface area contributed by atoms with Crippen molar-refractivity contribution < 1.29 is 14.1 Å². The molecule has 2 N–H and O–H groups in total. The SMILES string of the molecule is O=C(/C=C/c1ccc(-c2ccccc2)o1)NC(=S)Nc1ccc(Cl)cc1[N+](=O)[O-]. The molecule has 3 aromatic rings. The minimum Gasteiger partial charge on any atom is -0.457 e. The number of furan rings is 1. The molecule has 0 aliphatic rings. The molecule has 1 amide bonds. The van der Waals surface area contributed by atoms with Crippen molar-refractivity contribution in [3.8, 4) is 11.3 Å². The van der Waals surface area contributed by atoms with E-state index < -0.39 is 10.8 Å². The lowest BCUT2D eigenvalue weighted by atomic mass is 10.2. The smallest absolute Gasteiger partial charge is 0.294 e. The van der Waals surface area contributed by atoms with Crippen LogP contribution < -0.4 is 10.6 Å². The number of carbonyl (C=O) groups is 1. The lowest BCUT2D eigenvalue weighted by Crippen LogP contribution is -2.33. The Balaban J connectivity index is 1.60. The predicted molar refractivity (Wildman–Crippen MR) is 116 cm³/mol. The van der Waals surface area contributed by atoms with Crippen LogP contribution in [0.15, 0.2) is 71.2 Å². The van der Waals surface area contributed by atoms with Gasteiger partial charge in [-0.1, -0.05) is 41.9 Å². The van der Waals surface area contributed by atoms with Crippen LogP contribution >= 0.6 is 23.8 Å². The first-order valence-electron chi connectivity index (χ1n) is 8.31. The Morgan fingerprint density at radius 2 is 1.90 bits per heavy atom. The fourth-order valence-electron chi connectivity index (χ4n) is 2.43. The molecule has 0 aliphatic carbocycles. The molecule has 1 aromatic heterocycles. The molecular formula is C20H14ClN3O4S. The Morgan fingerprint density at radius 3 is 2.62 bits per heavy atom. The van der Waals surface area contributed by atoms with Gasteiger partial charge in [0.2, 0.25) is 5.91 Å². The van der Waals surface area contributed by atoms with Gasteiger partial charge in [0.25, 0.3) is 5.69 Å². The summed E-state index contributed by atoms with van der Waals surface area (Å²) >= 11 is 10.8. The fraction of sp³-hybridized carbons (Fsp3) is 0. The van der Waals surface area contributed by atoms with E-state index in [1.54, 1.807) is 12.1 Å². The van der Waals surface area contributed by atoms with Gasteiger partial charge in [-0.25, -0.2) is 0 Å². The molecule has 0 radical (unpaired) electrons. The molecule has 29 heavy (non-hydrogen) atoms. The molecule has 7 nitrogen and oxygen atoms in total. The normalized spacial score (nSPS) is 10.7. The van der Waals surface area contributed by atoms with Crippen molar-refractivity contribution in [3.63, 3.8) is 0 Å². The Morgan fingerprint density at radius 1 is 1.14 bits per heavy atom. The number of nitrogens with zero attached hydrogens (tertiary/aromatic N) is 1. The third-order valence-corrected chi connectivity index (χ3v) is 4.16. The molecule has 0 spiro atoms. The summed E-state index contributed by atoms with van der Waals surface area (Å²) < 4.78 is 5.67. The summed E-state index contributed by atoms with van der Waals surface area (Å²) in [7, 11) is 0. The largest absolute Gasteiger partial charge is 0.457 e. The van der Waals surface area contributed by atoms with E-state index in [4.69, 9.17) is 28.2 Å². The van der Waals surface area contributed by atoms with Crippen LogP contribution in [-0.4, -0.2) is 15.9 Å². The second-order valence-electron chi connectivity index (χ2n) is 5.76. The second-order valence-corrected chi connectivity index (χ2v) is 6.61. The van der Waals surface area contributed by atoms with Crippen LogP contribution in [0.5, 0.6) is 0 Å². The summed E-state index contributed by atoms with van der Waals surface area (Å²) in [5, 5.41) is 16.3. The van der Waals surface area contributed by atoms with Gasteiger partial charge in [0.05, 0.1) is 4.92 Å². The number of nitro groups is 1. The molecular weight excluding hydrogens is 414 g/mol. The maximum atomic E-state index is 12.0. The number of hydrogen-bond acceptors (Lipinski definition) is 5. The van der Waals surface area contributed by atoms with Crippen LogP contribution in [0, 0.1) is 10.1 Å². The van der Waals surface area contributed by atoms with E-state index >= 15 is 0 Å². The average Bonchev–Trinajstić information content (AvgIpc) is 3.17. The van der Waals surface area contributed by atoms with Gasteiger partial charge in [0, 0.05) is 22.7 Å². The zero-order valence-electron chi connectivity index (χ0n) is 14.8. The van der Waals surface area contributed by atoms with Gasteiger partial charge >= 0.3 is 0 Å². The van der Waals surface area contributed by atoms with E-state index in [9.17, 15) is 14.9 Å². The summed E-state index contributed by atoms with van der Waals surface area (Å²) in [6.45, 7) is 0. The Bertz CT molecular complexity index is 1100. The topological polar surface area (TPSA) is 97.4 Å². The highest BCUT2D eigenvalue weighted by molar-refractivity contribution is 7.80. The maximum absolute atomic E-state index is 12.0. The monoisotopic (exact) mass is 427 g/mol. The second kappa shape index (κ2) is 9.13. The lowest BCUT2D eigenvalue weighted by Gasteiger charge is -2.08. The minimum atomic E-state index is -0.597. The Kier molecular flexibility index (Phi) is 6.38. The van der Waals surface area contributed by atoms with Crippen LogP contribution in [-0.2, 0) is 4.79 Å². The van der Waals surface area contributed by atoms with Crippen molar-refractivity contribution in [2.75, 3.05) is 5.32 Å². The van der Waals surface area contributed by atoms with Crippen molar-refractivity contribution in [1.82, 2.24) is 5.32 Å². The number of nitrogens with one attached hydrogen (secondary N) is 2. The van der Waals surface area contributed by atoms with E-state index in [-0.39, 0.29) is 21.5 Å². The third kappa shape index (κ3) is 5.50. The minimum absolute atomic E-state index is 0.0884. The highest BCUT2D eigenvalue weighted by Gasteiger charge is 2.15. The quantitative estimate of drug-likeness (QED) is 0.256. The highest BCUT2D eigenvalue weighted by Crippen LogP contribution is 2.27. The van der Waals surface area contributed by atoms with E-state index in [1.807, 2.05) is 30.3 Å². The molecule has 146 valence electrons. The Hall–Kier alpha value is -3.49. The van der Waals surface area contributed by atoms with Gasteiger partial charge in [0.15, 0.2) is 5.11 Å². The predicted octanol–water partition coefficient (Wildman–Crippen LogP) is 5.03. The summed E-state index contributed by atoms with van der Waals surface area (Å²) in [6, 6.07) is 17.2. The molecule has 1 heterocycles. The summed E-state index contributed by atoms with van der Waals surface area (Å²) in [5.74, 6) is 0.654. The molecule has 0 unspecified atom stereocenters. The van der Waals surface area contributed by atoms with Crippen LogP contribution in [0.3, 0.4) is 0 Å². The zero-order valence-corrected chi connectivity index (χ0v) is 16.4. The van der Waals surface area contributed by atoms with Crippen molar-refractivity contribution in [1.29, 1.82) is 0 Å². The number of rotatable bonds is 5. The average molecular weight is 428 g/mol. The number of thiocarbonyl (C=S) groups is 1. The third-order valence-electron chi connectivity index (χ3n) is 3.73. The number of carbonyl (C=O) groups excluding carboxylic acids is 1. The van der Waals surface area contributed by atoms with Crippen molar-refractivity contribution in [2.24, 2.45) is 0 Å². The molecule has 0 saturated heterocycles. The summed E-state index contributed by atoms with van der Waals surface area (Å²) in [4.78, 5) is 22.5. The van der Waals surface area contributed by atoms with Crippen molar-refractivity contribution >= 4 is 52.3 Å². The van der Waals surface area contributed by atoms with Gasteiger partial charge < -0.3 is 9.73 Å². The zero-order chi connectivity index (χ0) is 20.8. The van der Waals surface area contributed by atoms with Gasteiger partial charge in [0.1, 0.15) is 17.2 Å². The molecule has 3 rings (SSSR count). The fourth-order valence-corrected chi connectivity index (χ4v) is 2.80. The number of benzene rings is 2. The number of amides is 1.